The summed E-state index contributed by atoms with van der Waals surface area (Å²) in [7, 11) is 0. The molecule has 1 aromatic heterocycles. The van der Waals surface area contributed by atoms with Crippen LogP contribution >= 0.6 is 0 Å². The Morgan fingerprint density at radius 3 is 2.67 bits per heavy atom. The van der Waals surface area contributed by atoms with Crippen molar-refractivity contribution in [3.8, 4) is 11.7 Å². The zero-order valence-corrected chi connectivity index (χ0v) is 15.0. The van der Waals surface area contributed by atoms with Crippen molar-refractivity contribution in [3.05, 3.63) is 72.3 Å². The van der Waals surface area contributed by atoms with Crippen LogP contribution in [0, 0.1) is 5.82 Å². The van der Waals surface area contributed by atoms with Gasteiger partial charge in [0.05, 0.1) is 5.69 Å². The van der Waals surface area contributed by atoms with E-state index in [0.29, 0.717) is 6.54 Å². The second-order valence-electron chi connectivity index (χ2n) is 6.09. The third-order valence-electron chi connectivity index (χ3n) is 4.00. The molecule has 0 spiro atoms. The highest BCUT2D eigenvalue weighted by molar-refractivity contribution is 5.80. The van der Waals surface area contributed by atoms with E-state index in [4.69, 9.17) is 4.74 Å². The summed E-state index contributed by atoms with van der Waals surface area (Å²) in [6, 6.07) is 16.0. The van der Waals surface area contributed by atoms with E-state index in [1.807, 2.05) is 30.3 Å². The molecule has 0 bridgehead atoms. The molecule has 0 aliphatic carbocycles. The largest absolute Gasteiger partial charge is 0.449 e. The third kappa shape index (κ3) is 5.37. The highest BCUT2D eigenvalue weighted by Crippen LogP contribution is 2.10. The maximum atomic E-state index is 12.9. The first-order valence-corrected chi connectivity index (χ1v) is 8.78. The molecule has 27 heavy (non-hydrogen) atoms. The van der Waals surface area contributed by atoms with Crippen LogP contribution in [0.1, 0.15) is 18.9 Å². The van der Waals surface area contributed by atoms with Crippen molar-refractivity contribution in [1.82, 2.24) is 20.1 Å². The van der Waals surface area contributed by atoms with Gasteiger partial charge >= 0.3 is 6.01 Å². The zero-order valence-electron chi connectivity index (χ0n) is 15.0. The van der Waals surface area contributed by atoms with Gasteiger partial charge in [-0.2, -0.15) is 4.98 Å². The van der Waals surface area contributed by atoms with E-state index >= 15 is 0 Å². The molecule has 3 aromatic rings. The lowest BCUT2D eigenvalue weighted by Crippen LogP contribution is -2.37. The number of aryl methyl sites for hydroxylation is 1. The van der Waals surface area contributed by atoms with Gasteiger partial charge in [-0.05, 0) is 49.6 Å². The quantitative estimate of drug-likeness (QED) is 0.621. The second kappa shape index (κ2) is 8.93. The predicted molar refractivity (Wildman–Crippen MR) is 99.2 cm³/mol. The Hall–Kier alpha value is -3.22. The summed E-state index contributed by atoms with van der Waals surface area (Å²) >= 11 is 0. The van der Waals surface area contributed by atoms with Gasteiger partial charge in [0.25, 0.3) is 5.91 Å². The minimum atomic E-state index is -0.706. The summed E-state index contributed by atoms with van der Waals surface area (Å²) in [6.07, 6.45) is 2.35. The molecule has 0 aliphatic heterocycles. The van der Waals surface area contributed by atoms with Crippen molar-refractivity contribution in [1.29, 1.82) is 0 Å². The van der Waals surface area contributed by atoms with Gasteiger partial charge in [0.2, 0.25) is 0 Å². The molecule has 0 saturated carbocycles. The monoisotopic (exact) mass is 368 g/mol. The van der Waals surface area contributed by atoms with Crippen LogP contribution in [0.4, 0.5) is 4.39 Å². The Morgan fingerprint density at radius 2 is 1.93 bits per heavy atom. The predicted octanol–water partition coefficient (Wildman–Crippen LogP) is 2.92. The van der Waals surface area contributed by atoms with Crippen LogP contribution in [0.5, 0.6) is 6.01 Å². The normalized spacial score (nSPS) is 11.8. The Balaban J connectivity index is 1.42. The number of carbonyl (C=O) groups is 1. The summed E-state index contributed by atoms with van der Waals surface area (Å²) < 4.78 is 20.0. The first-order valence-electron chi connectivity index (χ1n) is 8.78. The first kappa shape index (κ1) is 18.6. The lowest BCUT2D eigenvalue weighted by Gasteiger charge is -2.12. The molecular weight excluding hydrogens is 347 g/mol. The molecule has 0 saturated heterocycles. The number of carbonyl (C=O) groups excluding carboxylic acids is 1. The van der Waals surface area contributed by atoms with Crippen molar-refractivity contribution in [2.45, 2.75) is 25.9 Å². The maximum absolute atomic E-state index is 12.9. The van der Waals surface area contributed by atoms with Crippen molar-refractivity contribution in [2.75, 3.05) is 6.54 Å². The van der Waals surface area contributed by atoms with Crippen LogP contribution in [0.15, 0.2) is 60.9 Å². The number of benzene rings is 2. The average Bonchev–Trinajstić information content (AvgIpc) is 3.15. The van der Waals surface area contributed by atoms with E-state index in [2.05, 4.69) is 15.4 Å². The van der Waals surface area contributed by atoms with Crippen LogP contribution in [-0.2, 0) is 11.2 Å². The number of ether oxygens (including phenoxy) is 1. The van der Waals surface area contributed by atoms with Crippen molar-refractivity contribution < 1.29 is 13.9 Å². The number of rotatable bonds is 8. The molecule has 1 heterocycles. The fourth-order valence-electron chi connectivity index (χ4n) is 2.52. The Bertz CT molecular complexity index is 865. The van der Waals surface area contributed by atoms with Crippen LogP contribution in [0.3, 0.4) is 0 Å². The molecule has 1 unspecified atom stereocenters. The van der Waals surface area contributed by atoms with E-state index < -0.39 is 6.10 Å². The van der Waals surface area contributed by atoms with E-state index in [1.165, 1.54) is 18.5 Å². The first-order chi connectivity index (χ1) is 13.1. The molecule has 1 amide bonds. The standard InChI is InChI=1S/C20H21FN4O2/c1-15(19(26)22-13-5-6-16-9-11-17(21)12-10-16)27-20-23-14-25(24-20)18-7-3-2-4-8-18/h2-4,7-12,14-15H,5-6,13H2,1H3,(H,22,26). The molecule has 140 valence electrons. The number of nitrogens with one attached hydrogen (secondary N) is 1. The van der Waals surface area contributed by atoms with Gasteiger partial charge in [-0.3, -0.25) is 4.79 Å². The van der Waals surface area contributed by atoms with E-state index in [0.717, 1.165) is 24.1 Å². The van der Waals surface area contributed by atoms with Crippen LogP contribution in [0.2, 0.25) is 0 Å². The van der Waals surface area contributed by atoms with Crippen LogP contribution < -0.4 is 10.1 Å². The number of para-hydroxylation sites is 1. The van der Waals surface area contributed by atoms with E-state index in [-0.39, 0.29) is 17.7 Å². The lowest BCUT2D eigenvalue weighted by molar-refractivity contribution is -0.127. The summed E-state index contributed by atoms with van der Waals surface area (Å²) in [5.41, 5.74) is 1.89. The van der Waals surface area contributed by atoms with Crippen LogP contribution in [-0.4, -0.2) is 33.3 Å². The number of halogens is 1. The molecule has 3 rings (SSSR count). The van der Waals surface area contributed by atoms with Crippen molar-refractivity contribution >= 4 is 5.91 Å². The summed E-state index contributed by atoms with van der Waals surface area (Å²) in [6.45, 7) is 2.16. The van der Waals surface area contributed by atoms with E-state index in [9.17, 15) is 9.18 Å². The second-order valence-corrected chi connectivity index (χ2v) is 6.09. The topological polar surface area (TPSA) is 69.0 Å². The molecular formula is C20H21FN4O2. The Labute approximate surface area is 157 Å². The number of hydrogen-bond donors (Lipinski definition) is 1. The molecule has 7 heteroatoms. The van der Waals surface area contributed by atoms with E-state index in [1.54, 1.807) is 23.7 Å². The number of amides is 1. The van der Waals surface area contributed by atoms with Gasteiger partial charge in [-0.25, -0.2) is 9.07 Å². The average molecular weight is 368 g/mol. The maximum Gasteiger partial charge on any atom is 0.336 e. The third-order valence-corrected chi connectivity index (χ3v) is 4.00. The molecule has 2 aromatic carbocycles. The zero-order chi connectivity index (χ0) is 19.1. The highest BCUT2D eigenvalue weighted by Gasteiger charge is 2.16. The number of nitrogens with zero attached hydrogens (tertiary/aromatic N) is 3. The Kier molecular flexibility index (Phi) is 6.14. The minimum Gasteiger partial charge on any atom is -0.449 e. The van der Waals surface area contributed by atoms with Gasteiger partial charge in [-0.15, -0.1) is 5.10 Å². The molecule has 0 aliphatic rings. The summed E-state index contributed by atoms with van der Waals surface area (Å²) in [4.78, 5) is 16.2. The van der Waals surface area contributed by atoms with Gasteiger partial charge in [0, 0.05) is 6.54 Å². The fraction of sp³-hybridized carbons (Fsp3) is 0.250. The molecule has 0 fully saturated rings. The molecule has 6 nitrogen and oxygen atoms in total. The smallest absolute Gasteiger partial charge is 0.336 e. The van der Waals surface area contributed by atoms with Crippen molar-refractivity contribution in [2.24, 2.45) is 0 Å². The van der Waals surface area contributed by atoms with Gasteiger partial charge < -0.3 is 10.1 Å². The van der Waals surface area contributed by atoms with Gasteiger partial charge in [0.15, 0.2) is 6.10 Å². The highest BCUT2D eigenvalue weighted by atomic mass is 19.1. The van der Waals surface area contributed by atoms with Crippen LogP contribution in [0.25, 0.3) is 5.69 Å². The minimum absolute atomic E-state index is 0.146. The fourth-order valence-corrected chi connectivity index (χ4v) is 2.52. The Morgan fingerprint density at radius 1 is 1.19 bits per heavy atom. The van der Waals surface area contributed by atoms with Gasteiger partial charge in [-0.1, -0.05) is 30.3 Å². The molecule has 0 radical (unpaired) electrons. The summed E-state index contributed by atoms with van der Waals surface area (Å²) in [5, 5.41) is 7.04. The number of hydrogen-bond acceptors (Lipinski definition) is 4. The van der Waals surface area contributed by atoms with Gasteiger partial charge in [0.1, 0.15) is 12.1 Å². The molecule has 1 atom stereocenters. The lowest BCUT2D eigenvalue weighted by atomic mass is 10.1. The van der Waals surface area contributed by atoms with Crippen molar-refractivity contribution in [3.63, 3.8) is 0 Å². The summed E-state index contributed by atoms with van der Waals surface area (Å²) in [5.74, 6) is -0.480. The SMILES string of the molecule is CC(Oc1ncn(-c2ccccc2)n1)C(=O)NCCCc1ccc(F)cc1. The number of aromatic nitrogens is 3. The molecule has 1 N–H and O–H groups in total.